The third-order valence-corrected chi connectivity index (χ3v) is 3.74. The van der Waals surface area contributed by atoms with Crippen LogP contribution in [0, 0.1) is 0 Å². The zero-order chi connectivity index (χ0) is 16.4. The van der Waals surface area contributed by atoms with Gasteiger partial charge in [-0.05, 0) is 42.5 Å². The molecule has 1 amide bonds. The highest BCUT2D eigenvalue weighted by atomic mass is 35.5. The van der Waals surface area contributed by atoms with E-state index in [4.69, 9.17) is 27.6 Å². The van der Waals surface area contributed by atoms with Gasteiger partial charge in [-0.3, -0.25) is 4.79 Å². The molecule has 3 rings (SSSR count). The van der Waals surface area contributed by atoms with E-state index in [0.717, 1.165) is 0 Å². The van der Waals surface area contributed by atoms with Crippen LogP contribution >= 0.6 is 23.2 Å². The minimum Gasteiger partial charge on any atom is -0.506 e. The predicted molar refractivity (Wildman–Crippen MR) is 90.2 cm³/mol. The molecule has 0 saturated carbocycles. The average molecular weight is 348 g/mol. The Morgan fingerprint density at radius 1 is 1.04 bits per heavy atom. The van der Waals surface area contributed by atoms with Crippen LogP contribution in [0.3, 0.4) is 0 Å². The Hall–Kier alpha value is -2.43. The minimum absolute atomic E-state index is 0.0827. The SMILES string of the molecule is O=C(Nc1cc(Cl)ccc1O)c1ccc(-c2ccccc2Cl)o1. The van der Waals surface area contributed by atoms with Crippen molar-refractivity contribution in [2.24, 2.45) is 0 Å². The van der Waals surface area contributed by atoms with Crippen LogP contribution in [0.5, 0.6) is 5.75 Å². The maximum atomic E-state index is 12.2. The van der Waals surface area contributed by atoms with Crippen molar-refractivity contribution in [2.75, 3.05) is 5.32 Å². The molecule has 6 heteroatoms. The topological polar surface area (TPSA) is 62.5 Å². The van der Waals surface area contributed by atoms with Gasteiger partial charge in [0.2, 0.25) is 0 Å². The largest absolute Gasteiger partial charge is 0.506 e. The van der Waals surface area contributed by atoms with E-state index in [1.807, 2.05) is 12.1 Å². The van der Waals surface area contributed by atoms with Crippen LogP contribution in [-0.2, 0) is 0 Å². The fourth-order valence-corrected chi connectivity index (χ4v) is 2.46. The van der Waals surface area contributed by atoms with Crippen molar-refractivity contribution < 1.29 is 14.3 Å². The Balaban J connectivity index is 1.84. The van der Waals surface area contributed by atoms with Crippen LogP contribution < -0.4 is 5.32 Å². The molecule has 2 aromatic carbocycles. The zero-order valence-corrected chi connectivity index (χ0v) is 13.2. The number of nitrogens with one attached hydrogen (secondary N) is 1. The molecule has 1 heterocycles. The molecule has 23 heavy (non-hydrogen) atoms. The van der Waals surface area contributed by atoms with Crippen LogP contribution in [0.15, 0.2) is 59.0 Å². The van der Waals surface area contributed by atoms with E-state index in [9.17, 15) is 9.90 Å². The standard InChI is InChI=1S/C17H11Cl2NO3/c18-10-5-6-14(21)13(9-10)20-17(22)16-8-7-15(23-16)11-3-1-2-4-12(11)19/h1-9,21H,(H,20,22). The van der Waals surface area contributed by atoms with Crippen molar-refractivity contribution >= 4 is 34.8 Å². The molecule has 4 nitrogen and oxygen atoms in total. The molecule has 0 spiro atoms. The fraction of sp³-hybridized carbons (Fsp3) is 0. The van der Waals surface area contributed by atoms with Gasteiger partial charge < -0.3 is 14.8 Å². The summed E-state index contributed by atoms with van der Waals surface area (Å²) in [5.74, 6) is -0.00290. The van der Waals surface area contributed by atoms with Gasteiger partial charge in [0.1, 0.15) is 11.5 Å². The summed E-state index contributed by atoms with van der Waals surface area (Å²) in [6.07, 6.45) is 0. The number of benzene rings is 2. The van der Waals surface area contributed by atoms with E-state index >= 15 is 0 Å². The second-order valence-electron chi connectivity index (χ2n) is 4.76. The summed E-state index contributed by atoms with van der Waals surface area (Å²) in [5, 5.41) is 13.2. The lowest BCUT2D eigenvalue weighted by Gasteiger charge is -2.06. The molecule has 0 aliphatic carbocycles. The number of carbonyl (C=O) groups excluding carboxylic acids is 1. The van der Waals surface area contributed by atoms with Crippen molar-refractivity contribution in [3.63, 3.8) is 0 Å². The fourth-order valence-electron chi connectivity index (χ4n) is 2.06. The van der Waals surface area contributed by atoms with Crippen molar-refractivity contribution in [3.05, 3.63) is 70.4 Å². The Morgan fingerprint density at radius 3 is 2.61 bits per heavy atom. The molecule has 0 bridgehead atoms. The number of hydrogen-bond acceptors (Lipinski definition) is 3. The summed E-state index contributed by atoms with van der Waals surface area (Å²) in [6, 6.07) is 14.7. The maximum Gasteiger partial charge on any atom is 0.291 e. The minimum atomic E-state index is -0.499. The zero-order valence-electron chi connectivity index (χ0n) is 11.7. The molecule has 1 aromatic heterocycles. The lowest BCUT2D eigenvalue weighted by atomic mass is 10.2. The lowest BCUT2D eigenvalue weighted by Crippen LogP contribution is -2.10. The number of phenols is 1. The highest BCUT2D eigenvalue weighted by Crippen LogP contribution is 2.30. The third kappa shape index (κ3) is 3.33. The highest BCUT2D eigenvalue weighted by Gasteiger charge is 2.15. The molecule has 0 unspecified atom stereocenters. The molecule has 0 aliphatic heterocycles. The first-order chi connectivity index (χ1) is 11.0. The normalized spacial score (nSPS) is 10.5. The molecule has 0 radical (unpaired) electrons. The number of carbonyl (C=O) groups is 1. The van der Waals surface area contributed by atoms with Gasteiger partial charge in [-0.15, -0.1) is 0 Å². The van der Waals surface area contributed by atoms with Crippen LogP contribution in [0.25, 0.3) is 11.3 Å². The number of amides is 1. The lowest BCUT2D eigenvalue weighted by molar-refractivity contribution is 0.0997. The van der Waals surface area contributed by atoms with Crippen molar-refractivity contribution in [2.45, 2.75) is 0 Å². The molecule has 0 saturated heterocycles. The van der Waals surface area contributed by atoms with Gasteiger partial charge >= 0.3 is 0 Å². The summed E-state index contributed by atoms with van der Waals surface area (Å²) in [7, 11) is 0. The van der Waals surface area contributed by atoms with E-state index in [-0.39, 0.29) is 17.2 Å². The second kappa shape index (κ2) is 6.36. The average Bonchev–Trinajstić information content (AvgIpc) is 3.01. The summed E-state index contributed by atoms with van der Waals surface area (Å²) in [6.45, 7) is 0. The first kappa shape index (κ1) is 15.5. The summed E-state index contributed by atoms with van der Waals surface area (Å²) >= 11 is 12.0. The maximum absolute atomic E-state index is 12.2. The Morgan fingerprint density at radius 2 is 1.83 bits per heavy atom. The number of aromatic hydroxyl groups is 1. The summed E-state index contributed by atoms with van der Waals surface area (Å²) in [5.41, 5.74) is 0.900. The van der Waals surface area contributed by atoms with Gasteiger partial charge in [0.05, 0.1) is 10.7 Å². The highest BCUT2D eigenvalue weighted by molar-refractivity contribution is 6.33. The van der Waals surface area contributed by atoms with E-state index in [0.29, 0.717) is 21.4 Å². The molecular weight excluding hydrogens is 337 g/mol. The van der Waals surface area contributed by atoms with Gasteiger partial charge in [-0.2, -0.15) is 0 Å². The molecule has 0 fully saturated rings. The van der Waals surface area contributed by atoms with Gasteiger partial charge in [-0.25, -0.2) is 0 Å². The smallest absolute Gasteiger partial charge is 0.291 e. The van der Waals surface area contributed by atoms with Crippen LogP contribution in [0.1, 0.15) is 10.6 Å². The number of phenolic OH excluding ortho intramolecular Hbond substituents is 1. The van der Waals surface area contributed by atoms with Crippen molar-refractivity contribution in [1.29, 1.82) is 0 Å². The molecule has 116 valence electrons. The quantitative estimate of drug-likeness (QED) is 0.639. The van der Waals surface area contributed by atoms with E-state index in [2.05, 4.69) is 5.32 Å². The monoisotopic (exact) mass is 347 g/mol. The van der Waals surface area contributed by atoms with Crippen LogP contribution in [0.2, 0.25) is 10.0 Å². The Kier molecular flexibility index (Phi) is 4.28. The second-order valence-corrected chi connectivity index (χ2v) is 5.60. The van der Waals surface area contributed by atoms with E-state index < -0.39 is 5.91 Å². The third-order valence-electron chi connectivity index (χ3n) is 3.18. The van der Waals surface area contributed by atoms with Crippen molar-refractivity contribution in [3.8, 4) is 17.1 Å². The Labute approximate surface area is 142 Å². The number of furan rings is 1. The predicted octanol–water partition coefficient (Wildman–Crippen LogP) is 5.21. The van der Waals surface area contributed by atoms with Gasteiger partial charge in [0, 0.05) is 10.6 Å². The molecule has 0 atom stereocenters. The van der Waals surface area contributed by atoms with Crippen LogP contribution in [-0.4, -0.2) is 11.0 Å². The molecular formula is C17H11Cl2NO3. The molecule has 3 aromatic rings. The molecule has 0 aliphatic rings. The number of rotatable bonds is 3. The van der Waals surface area contributed by atoms with Crippen LogP contribution in [0.4, 0.5) is 5.69 Å². The van der Waals surface area contributed by atoms with Gasteiger partial charge in [0.25, 0.3) is 5.91 Å². The number of halogens is 2. The Bertz CT molecular complexity index is 874. The summed E-state index contributed by atoms with van der Waals surface area (Å²) in [4.78, 5) is 12.2. The van der Waals surface area contributed by atoms with E-state index in [1.54, 1.807) is 18.2 Å². The number of hydrogen-bond donors (Lipinski definition) is 2. The molecule has 2 N–H and O–H groups in total. The van der Waals surface area contributed by atoms with Gasteiger partial charge in [0.15, 0.2) is 5.76 Å². The first-order valence-electron chi connectivity index (χ1n) is 6.69. The van der Waals surface area contributed by atoms with E-state index in [1.165, 1.54) is 24.3 Å². The first-order valence-corrected chi connectivity index (χ1v) is 7.45. The number of anilines is 1. The van der Waals surface area contributed by atoms with Crippen molar-refractivity contribution in [1.82, 2.24) is 0 Å². The van der Waals surface area contributed by atoms with Gasteiger partial charge in [-0.1, -0.05) is 35.3 Å². The summed E-state index contributed by atoms with van der Waals surface area (Å²) < 4.78 is 5.54.